The van der Waals surface area contributed by atoms with Gasteiger partial charge in [-0.25, -0.2) is 5.43 Å². The minimum Gasteiger partial charge on any atom is -0.482 e. The van der Waals surface area contributed by atoms with Crippen LogP contribution in [0.5, 0.6) is 11.5 Å². The van der Waals surface area contributed by atoms with E-state index in [9.17, 15) is 9.59 Å². The van der Waals surface area contributed by atoms with Gasteiger partial charge in [0.15, 0.2) is 13.2 Å². The first-order valence-corrected chi connectivity index (χ1v) is 8.11. The summed E-state index contributed by atoms with van der Waals surface area (Å²) in [7, 11) is 0. The highest BCUT2D eigenvalue weighted by Gasteiger charge is 2.26. The summed E-state index contributed by atoms with van der Waals surface area (Å²) >= 11 is 0. The first-order chi connectivity index (χ1) is 13.2. The van der Waals surface area contributed by atoms with Crippen molar-refractivity contribution in [3.8, 4) is 17.6 Å². The lowest BCUT2D eigenvalue weighted by Gasteiger charge is -2.28. The Morgan fingerprint density at radius 3 is 2.85 bits per heavy atom. The van der Waals surface area contributed by atoms with Crippen LogP contribution in [0.25, 0.3) is 0 Å². The van der Waals surface area contributed by atoms with Crippen molar-refractivity contribution >= 4 is 23.7 Å². The third-order valence-electron chi connectivity index (χ3n) is 3.70. The van der Waals surface area contributed by atoms with Crippen molar-refractivity contribution in [3.05, 3.63) is 54.1 Å². The average molecular weight is 364 g/mol. The third-order valence-corrected chi connectivity index (χ3v) is 3.70. The van der Waals surface area contributed by atoms with Crippen molar-refractivity contribution in [2.24, 2.45) is 5.10 Å². The minimum absolute atomic E-state index is 0.0210. The molecule has 0 unspecified atom stereocenters. The van der Waals surface area contributed by atoms with E-state index in [1.807, 2.05) is 6.07 Å². The maximum absolute atomic E-state index is 12.1. The van der Waals surface area contributed by atoms with Gasteiger partial charge in [-0.3, -0.25) is 14.5 Å². The summed E-state index contributed by atoms with van der Waals surface area (Å²) in [5, 5.41) is 12.4. The zero-order valence-corrected chi connectivity index (χ0v) is 14.3. The smallest absolute Gasteiger partial charge is 0.265 e. The number of nitriles is 1. The summed E-state index contributed by atoms with van der Waals surface area (Å²) in [5.74, 6) is 0.417. The summed E-state index contributed by atoms with van der Waals surface area (Å²) in [6, 6.07) is 15.8. The summed E-state index contributed by atoms with van der Waals surface area (Å²) in [6.45, 7) is -0.280. The van der Waals surface area contributed by atoms with Crippen LogP contribution in [0.3, 0.4) is 0 Å². The van der Waals surface area contributed by atoms with Crippen LogP contribution in [0.4, 0.5) is 5.69 Å². The van der Waals surface area contributed by atoms with E-state index in [4.69, 9.17) is 14.7 Å². The van der Waals surface area contributed by atoms with Gasteiger partial charge in [0, 0.05) is 0 Å². The Morgan fingerprint density at radius 1 is 1.30 bits per heavy atom. The van der Waals surface area contributed by atoms with Gasteiger partial charge in [-0.1, -0.05) is 12.1 Å². The Morgan fingerprint density at radius 2 is 2.07 bits per heavy atom. The Bertz CT molecular complexity index is 903. The van der Waals surface area contributed by atoms with Crippen LogP contribution in [-0.2, 0) is 9.59 Å². The Kier molecular flexibility index (Phi) is 5.64. The van der Waals surface area contributed by atoms with Crippen molar-refractivity contribution < 1.29 is 19.1 Å². The molecule has 0 aromatic heterocycles. The summed E-state index contributed by atoms with van der Waals surface area (Å²) < 4.78 is 10.5. The Balaban J connectivity index is 1.56. The third kappa shape index (κ3) is 4.61. The molecule has 0 spiro atoms. The molecule has 0 bridgehead atoms. The molecule has 1 aliphatic heterocycles. The number of benzene rings is 2. The second-order valence-corrected chi connectivity index (χ2v) is 5.55. The Labute approximate surface area is 155 Å². The molecular weight excluding hydrogens is 348 g/mol. The molecule has 8 nitrogen and oxygen atoms in total. The van der Waals surface area contributed by atoms with Gasteiger partial charge in [0.1, 0.15) is 24.1 Å². The van der Waals surface area contributed by atoms with Crippen LogP contribution in [-0.4, -0.2) is 37.8 Å². The second-order valence-electron chi connectivity index (χ2n) is 5.55. The first kappa shape index (κ1) is 17.9. The van der Waals surface area contributed by atoms with Gasteiger partial charge in [0.25, 0.3) is 11.8 Å². The van der Waals surface area contributed by atoms with Gasteiger partial charge < -0.3 is 9.47 Å². The number of hydrogen-bond donors (Lipinski definition) is 1. The fraction of sp³-hybridized carbons (Fsp3) is 0.158. The number of ether oxygens (including phenoxy) is 2. The van der Waals surface area contributed by atoms with E-state index in [0.29, 0.717) is 17.2 Å². The molecule has 2 aromatic carbocycles. The van der Waals surface area contributed by atoms with Crippen molar-refractivity contribution in [1.29, 1.82) is 5.26 Å². The molecule has 8 heteroatoms. The highest BCUT2D eigenvalue weighted by Crippen LogP contribution is 2.31. The number of hydrogen-bond acceptors (Lipinski definition) is 6. The van der Waals surface area contributed by atoms with Crippen LogP contribution in [0.2, 0.25) is 0 Å². The zero-order chi connectivity index (χ0) is 19.1. The van der Waals surface area contributed by atoms with Crippen LogP contribution >= 0.6 is 0 Å². The van der Waals surface area contributed by atoms with E-state index in [-0.39, 0.29) is 25.7 Å². The molecule has 2 aromatic rings. The molecule has 0 saturated carbocycles. The van der Waals surface area contributed by atoms with Crippen LogP contribution in [0, 0.1) is 11.3 Å². The maximum atomic E-state index is 12.1. The quantitative estimate of drug-likeness (QED) is 0.617. The summed E-state index contributed by atoms with van der Waals surface area (Å²) in [4.78, 5) is 25.5. The number of nitrogens with zero attached hydrogens (tertiary/aromatic N) is 3. The maximum Gasteiger partial charge on any atom is 0.265 e. The second kappa shape index (κ2) is 8.49. The van der Waals surface area contributed by atoms with E-state index in [0.717, 1.165) is 5.56 Å². The number of anilines is 1. The van der Waals surface area contributed by atoms with Crippen LogP contribution < -0.4 is 19.8 Å². The molecule has 0 radical (unpaired) electrons. The van der Waals surface area contributed by atoms with E-state index >= 15 is 0 Å². The summed E-state index contributed by atoms with van der Waals surface area (Å²) in [5.41, 5.74) is 3.70. The van der Waals surface area contributed by atoms with Crippen molar-refractivity contribution in [2.75, 3.05) is 24.7 Å². The number of rotatable bonds is 6. The van der Waals surface area contributed by atoms with Gasteiger partial charge in [-0.15, -0.1) is 0 Å². The van der Waals surface area contributed by atoms with Gasteiger partial charge >= 0.3 is 0 Å². The molecule has 2 amide bonds. The molecule has 0 atom stereocenters. The normalized spacial score (nSPS) is 12.9. The first-order valence-electron chi connectivity index (χ1n) is 8.11. The fourth-order valence-corrected chi connectivity index (χ4v) is 2.45. The number of nitrogens with one attached hydrogen (secondary N) is 1. The lowest BCUT2D eigenvalue weighted by Crippen LogP contribution is -2.44. The number of carbonyl (C=O) groups is 2. The largest absolute Gasteiger partial charge is 0.482 e. The van der Waals surface area contributed by atoms with Gasteiger partial charge in [0.2, 0.25) is 0 Å². The molecular formula is C19H16N4O4. The molecule has 1 aliphatic rings. The molecule has 1 heterocycles. The van der Waals surface area contributed by atoms with Crippen molar-refractivity contribution in [3.63, 3.8) is 0 Å². The van der Waals surface area contributed by atoms with E-state index in [2.05, 4.69) is 10.5 Å². The van der Waals surface area contributed by atoms with Crippen molar-refractivity contribution in [2.45, 2.75) is 0 Å². The molecule has 0 fully saturated rings. The van der Waals surface area contributed by atoms with Crippen LogP contribution in [0.15, 0.2) is 53.6 Å². The van der Waals surface area contributed by atoms with Gasteiger partial charge in [-0.05, 0) is 42.0 Å². The molecule has 3 rings (SSSR count). The lowest BCUT2D eigenvalue weighted by atomic mass is 10.2. The molecule has 0 saturated heterocycles. The highest BCUT2D eigenvalue weighted by atomic mass is 16.5. The minimum atomic E-state index is -0.426. The van der Waals surface area contributed by atoms with E-state index in [1.54, 1.807) is 48.5 Å². The predicted molar refractivity (Wildman–Crippen MR) is 97.6 cm³/mol. The Hall–Kier alpha value is -3.86. The molecule has 0 aliphatic carbocycles. The van der Waals surface area contributed by atoms with Crippen LogP contribution in [0.1, 0.15) is 5.56 Å². The van der Waals surface area contributed by atoms with E-state index < -0.39 is 5.91 Å². The van der Waals surface area contributed by atoms with E-state index in [1.165, 1.54) is 11.1 Å². The number of para-hydroxylation sites is 2. The standard InChI is InChI=1S/C19H16N4O4/c20-9-10-26-15-7-5-14(6-8-15)11-21-22-18(24)12-23-16-3-1-2-4-17(16)27-13-19(23)25/h1-8,11H,10,12-13H2,(H,22,24)/b21-11-. The predicted octanol–water partition coefficient (Wildman–Crippen LogP) is 1.46. The van der Waals surface area contributed by atoms with Crippen molar-refractivity contribution in [1.82, 2.24) is 5.43 Å². The van der Waals surface area contributed by atoms with Gasteiger partial charge in [-0.2, -0.15) is 10.4 Å². The zero-order valence-electron chi connectivity index (χ0n) is 14.3. The fourth-order valence-electron chi connectivity index (χ4n) is 2.45. The lowest BCUT2D eigenvalue weighted by molar-refractivity contribution is -0.125. The molecule has 136 valence electrons. The molecule has 1 N–H and O–H groups in total. The molecule has 27 heavy (non-hydrogen) atoms. The number of amides is 2. The number of fused-ring (bicyclic) bond motifs is 1. The topological polar surface area (TPSA) is 104 Å². The monoisotopic (exact) mass is 364 g/mol. The SMILES string of the molecule is N#CCOc1ccc(/C=N\NC(=O)CN2C(=O)COc3ccccc32)cc1. The highest BCUT2D eigenvalue weighted by molar-refractivity contribution is 6.02. The average Bonchev–Trinajstić information content (AvgIpc) is 2.69. The van der Waals surface area contributed by atoms with Gasteiger partial charge in [0.05, 0.1) is 11.9 Å². The summed E-state index contributed by atoms with van der Waals surface area (Å²) in [6.07, 6.45) is 1.47. The number of hydrazone groups is 1. The number of carbonyl (C=O) groups excluding carboxylic acids is 2.